The van der Waals surface area contributed by atoms with Crippen LogP contribution in [0.4, 0.5) is 5.69 Å². The van der Waals surface area contributed by atoms with Crippen molar-refractivity contribution in [3.8, 4) is 5.69 Å². The summed E-state index contributed by atoms with van der Waals surface area (Å²) in [7, 11) is 0. The third-order valence-corrected chi connectivity index (χ3v) is 3.37. The van der Waals surface area contributed by atoms with Crippen molar-refractivity contribution in [3.05, 3.63) is 36.9 Å². The largest absolute Gasteiger partial charge is 0.376 e. The number of hydrogen-bond donors (Lipinski definition) is 2. The third kappa shape index (κ3) is 4.30. The first kappa shape index (κ1) is 15.0. The first-order valence-corrected chi connectivity index (χ1v) is 7.00. The zero-order chi connectivity index (χ0) is 15.3. The molecule has 0 unspecified atom stereocenters. The van der Waals surface area contributed by atoms with E-state index in [1.54, 1.807) is 11.0 Å². The van der Waals surface area contributed by atoms with Gasteiger partial charge in [-0.2, -0.15) is 5.10 Å². The van der Waals surface area contributed by atoms with Crippen molar-refractivity contribution in [2.45, 2.75) is 32.7 Å². The third-order valence-electron chi connectivity index (χ3n) is 3.37. The van der Waals surface area contributed by atoms with Crippen LogP contribution >= 0.6 is 0 Å². The molecule has 1 amide bonds. The van der Waals surface area contributed by atoms with Crippen LogP contribution in [0.3, 0.4) is 0 Å². The van der Waals surface area contributed by atoms with Gasteiger partial charge in [0.1, 0.15) is 12.7 Å². The highest BCUT2D eigenvalue weighted by atomic mass is 16.2. The standard InChI is InChI=1S/C15H21N5O/c1-4-15(2,3)19-14(21)9-17-12-5-7-13(8-6-12)20-11-16-10-18-20/h5-8,10-11,17H,4,9H2,1-3H3,(H,19,21). The van der Waals surface area contributed by atoms with E-state index in [9.17, 15) is 4.79 Å². The molecule has 6 nitrogen and oxygen atoms in total. The molecule has 112 valence electrons. The number of amides is 1. The molecule has 0 saturated heterocycles. The highest BCUT2D eigenvalue weighted by Crippen LogP contribution is 2.12. The van der Waals surface area contributed by atoms with Crippen LogP contribution in [0, 0.1) is 0 Å². The Morgan fingerprint density at radius 3 is 2.57 bits per heavy atom. The van der Waals surface area contributed by atoms with Crippen LogP contribution in [0.25, 0.3) is 5.69 Å². The summed E-state index contributed by atoms with van der Waals surface area (Å²) >= 11 is 0. The van der Waals surface area contributed by atoms with Crippen molar-refractivity contribution >= 4 is 11.6 Å². The van der Waals surface area contributed by atoms with Gasteiger partial charge in [0, 0.05) is 11.2 Å². The van der Waals surface area contributed by atoms with Gasteiger partial charge >= 0.3 is 0 Å². The maximum atomic E-state index is 11.8. The fraction of sp³-hybridized carbons (Fsp3) is 0.400. The number of nitrogens with one attached hydrogen (secondary N) is 2. The van der Waals surface area contributed by atoms with E-state index in [1.165, 1.54) is 6.33 Å². The molecule has 2 rings (SSSR count). The fourth-order valence-corrected chi connectivity index (χ4v) is 1.77. The van der Waals surface area contributed by atoms with Crippen LogP contribution < -0.4 is 10.6 Å². The first-order chi connectivity index (χ1) is 10.00. The molecule has 0 bridgehead atoms. The van der Waals surface area contributed by atoms with Gasteiger partial charge in [-0.1, -0.05) is 6.92 Å². The minimum atomic E-state index is -0.171. The van der Waals surface area contributed by atoms with Gasteiger partial charge in [0.25, 0.3) is 0 Å². The van der Waals surface area contributed by atoms with E-state index in [2.05, 4.69) is 27.6 Å². The minimum absolute atomic E-state index is 0.0118. The second kappa shape index (κ2) is 6.39. The Labute approximate surface area is 124 Å². The van der Waals surface area contributed by atoms with Crippen LogP contribution in [-0.2, 0) is 4.79 Å². The molecule has 0 radical (unpaired) electrons. The van der Waals surface area contributed by atoms with Gasteiger partial charge in [-0.3, -0.25) is 4.79 Å². The van der Waals surface area contributed by atoms with Crippen molar-refractivity contribution in [1.29, 1.82) is 0 Å². The summed E-state index contributed by atoms with van der Waals surface area (Å²) in [5.74, 6) is -0.0118. The second-order valence-corrected chi connectivity index (χ2v) is 5.53. The van der Waals surface area contributed by atoms with Gasteiger partial charge in [-0.25, -0.2) is 9.67 Å². The SMILES string of the molecule is CCC(C)(C)NC(=O)CNc1ccc(-n2cncn2)cc1. The summed E-state index contributed by atoms with van der Waals surface area (Å²) < 4.78 is 1.68. The van der Waals surface area contributed by atoms with Crippen LogP contribution in [-0.4, -0.2) is 32.8 Å². The molecule has 0 fully saturated rings. The monoisotopic (exact) mass is 287 g/mol. The Kier molecular flexibility index (Phi) is 4.57. The van der Waals surface area contributed by atoms with E-state index >= 15 is 0 Å². The quantitative estimate of drug-likeness (QED) is 0.852. The lowest BCUT2D eigenvalue weighted by atomic mass is 10.0. The Morgan fingerprint density at radius 1 is 1.29 bits per heavy atom. The number of hydrogen-bond acceptors (Lipinski definition) is 4. The molecule has 21 heavy (non-hydrogen) atoms. The average molecular weight is 287 g/mol. The lowest BCUT2D eigenvalue weighted by molar-refractivity contribution is -0.121. The minimum Gasteiger partial charge on any atom is -0.376 e. The highest BCUT2D eigenvalue weighted by molar-refractivity contribution is 5.81. The molecule has 0 spiro atoms. The number of rotatable bonds is 6. The molecular weight excluding hydrogens is 266 g/mol. The van der Waals surface area contributed by atoms with E-state index < -0.39 is 0 Å². The predicted octanol–water partition coefficient (Wildman–Crippen LogP) is 1.98. The van der Waals surface area contributed by atoms with Crippen molar-refractivity contribution < 1.29 is 4.79 Å². The normalized spacial score (nSPS) is 11.2. The molecule has 1 heterocycles. The van der Waals surface area contributed by atoms with Crippen LogP contribution in [0.5, 0.6) is 0 Å². The van der Waals surface area contributed by atoms with Gasteiger partial charge in [0.2, 0.25) is 5.91 Å². The van der Waals surface area contributed by atoms with Crippen LogP contribution in [0.1, 0.15) is 27.2 Å². The zero-order valence-corrected chi connectivity index (χ0v) is 12.6. The summed E-state index contributed by atoms with van der Waals surface area (Å²) in [6.45, 7) is 6.33. The molecule has 2 N–H and O–H groups in total. The van der Waals surface area contributed by atoms with Crippen LogP contribution in [0.15, 0.2) is 36.9 Å². The van der Waals surface area contributed by atoms with Crippen molar-refractivity contribution in [1.82, 2.24) is 20.1 Å². The number of anilines is 1. The van der Waals surface area contributed by atoms with E-state index in [0.29, 0.717) is 0 Å². The summed E-state index contributed by atoms with van der Waals surface area (Å²) in [5.41, 5.74) is 1.65. The summed E-state index contributed by atoms with van der Waals surface area (Å²) in [6, 6.07) is 7.67. The molecular formula is C15H21N5O. The number of nitrogens with zero attached hydrogens (tertiary/aromatic N) is 3. The molecule has 0 saturated carbocycles. The average Bonchev–Trinajstić information content (AvgIpc) is 2.99. The summed E-state index contributed by atoms with van der Waals surface area (Å²) in [4.78, 5) is 15.8. The highest BCUT2D eigenvalue weighted by Gasteiger charge is 2.17. The molecule has 1 aromatic carbocycles. The molecule has 2 aromatic rings. The number of carbonyl (C=O) groups excluding carboxylic acids is 1. The van der Waals surface area contributed by atoms with Crippen molar-refractivity contribution in [2.24, 2.45) is 0 Å². The van der Waals surface area contributed by atoms with Gasteiger partial charge < -0.3 is 10.6 Å². The van der Waals surface area contributed by atoms with Gasteiger partial charge in [0.05, 0.1) is 12.2 Å². The van der Waals surface area contributed by atoms with Gasteiger partial charge in [-0.05, 0) is 44.5 Å². The summed E-state index contributed by atoms with van der Waals surface area (Å²) in [5, 5.41) is 10.2. The van der Waals surface area contributed by atoms with Gasteiger partial charge in [0.15, 0.2) is 0 Å². The maximum Gasteiger partial charge on any atom is 0.239 e. The molecule has 1 aromatic heterocycles. The molecule has 0 aliphatic heterocycles. The summed E-state index contributed by atoms with van der Waals surface area (Å²) in [6.07, 6.45) is 4.03. The van der Waals surface area contributed by atoms with Crippen molar-refractivity contribution in [3.63, 3.8) is 0 Å². The molecule has 6 heteroatoms. The number of carbonyl (C=O) groups is 1. The lowest BCUT2D eigenvalue weighted by Gasteiger charge is -2.24. The van der Waals surface area contributed by atoms with E-state index in [-0.39, 0.29) is 18.0 Å². The lowest BCUT2D eigenvalue weighted by Crippen LogP contribution is -2.45. The van der Waals surface area contributed by atoms with Gasteiger partial charge in [-0.15, -0.1) is 0 Å². The maximum absolute atomic E-state index is 11.8. The molecule has 0 atom stereocenters. The van der Waals surface area contributed by atoms with Crippen molar-refractivity contribution in [2.75, 3.05) is 11.9 Å². The Balaban J connectivity index is 1.88. The van der Waals surface area contributed by atoms with E-state index in [4.69, 9.17) is 0 Å². The fourth-order valence-electron chi connectivity index (χ4n) is 1.77. The molecule has 0 aliphatic carbocycles. The topological polar surface area (TPSA) is 71.8 Å². The zero-order valence-electron chi connectivity index (χ0n) is 12.6. The van der Waals surface area contributed by atoms with Crippen LogP contribution in [0.2, 0.25) is 0 Å². The number of aromatic nitrogens is 3. The second-order valence-electron chi connectivity index (χ2n) is 5.53. The molecule has 0 aliphatic rings. The van der Waals surface area contributed by atoms with E-state index in [1.807, 2.05) is 38.1 Å². The Morgan fingerprint density at radius 2 is 2.00 bits per heavy atom. The predicted molar refractivity (Wildman–Crippen MR) is 82.4 cm³/mol. The van der Waals surface area contributed by atoms with E-state index in [0.717, 1.165) is 17.8 Å². The Bertz CT molecular complexity index is 575. The smallest absolute Gasteiger partial charge is 0.239 e. The number of benzene rings is 1. The first-order valence-electron chi connectivity index (χ1n) is 7.00. The Hall–Kier alpha value is -2.37.